The number of hydrogen-bond donors (Lipinski definition) is 0. The second-order valence-electron chi connectivity index (χ2n) is 8.64. The van der Waals surface area contributed by atoms with Crippen LogP contribution in [0.25, 0.3) is 0 Å². The van der Waals surface area contributed by atoms with Gasteiger partial charge < -0.3 is 9.16 Å². The largest absolute Gasteiger partial charge is 0.469 e. The molecule has 1 atom stereocenters. The molecule has 0 N–H and O–H groups in total. The number of ether oxygens (including phenoxy) is 1. The first kappa shape index (κ1) is 25.6. The number of unbranched alkanes of at least 4 members (excludes halogenated alkanes) is 10. The molecule has 0 saturated carbocycles. The summed E-state index contributed by atoms with van der Waals surface area (Å²) in [6, 6.07) is 0. The smallest absolute Gasteiger partial charge is 0.305 e. The molecule has 0 aromatic carbocycles. The van der Waals surface area contributed by atoms with Gasteiger partial charge >= 0.3 is 5.97 Å². The van der Waals surface area contributed by atoms with Gasteiger partial charge in [0.15, 0.2) is 8.32 Å². The van der Waals surface area contributed by atoms with Gasteiger partial charge in [0.1, 0.15) is 0 Å². The van der Waals surface area contributed by atoms with Crippen molar-refractivity contribution in [2.24, 2.45) is 0 Å². The van der Waals surface area contributed by atoms with Crippen molar-refractivity contribution in [2.75, 3.05) is 7.11 Å². The van der Waals surface area contributed by atoms with Crippen molar-refractivity contribution in [3.8, 4) is 0 Å². The van der Waals surface area contributed by atoms with E-state index in [9.17, 15) is 4.79 Å². The normalized spacial score (nSPS) is 13.0. The molecular formula is C22H46O3Si. The predicted octanol–water partition coefficient (Wildman–Crippen LogP) is 7.25. The zero-order chi connectivity index (χ0) is 19.7. The zero-order valence-corrected chi connectivity index (χ0v) is 19.4. The number of esters is 1. The summed E-state index contributed by atoms with van der Waals surface area (Å²) in [7, 11) is 0.0384. The molecule has 0 amide bonds. The summed E-state index contributed by atoms with van der Waals surface area (Å²) >= 11 is 0. The third kappa shape index (κ3) is 18.4. The first-order valence-corrected chi connectivity index (χ1v) is 14.5. The summed E-state index contributed by atoms with van der Waals surface area (Å²) in [6.45, 7) is 9.21. The Balaban J connectivity index is 3.66. The third-order valence-electron chi connectivity index (χ3n) is 4.78. The molecule has 0 heterocycles. The van der Waals surface area contributed by atoms with Gasteiger partial charge in [-0.2, -0.15) is 0 Å². The standard InChI is InChI=1S/C22H46O3Si/c1-6-7-8-15-18-21(25-26(3,4)5)19-16-13-11-9-10-12-14-17-20-22(23)24-2/h21H,6-20H2,1-5H3. The molecule has 0 spiro atoms. The molecular weight excluding hydrogens is 340 g/mol. The van der Waals surface area contributed by atoms with Crippen molar-refractivity contribution in [3.63, 3.8) is 0 Å². The fourth-order valence-electron chi connectivity index (χ4n) is 3.37. The van der Waals surface area contributed by atoms with Crippen molar-refractivity contribution in [1.82, 2.24) is 0 Å². The van der Waals surface area contributed by atoms with E-state index in [0.717, 1.165) is 12.8 Å². The Kier molecular flexibility index (Phi) is 16.6. The quantitative estimate of drug-likeness (QED) is 0.141. The van der Waals surface area contributed by atoms with Gasteiger partial charge in [-0.15, -0.1) is 0 Å². The average molecular weight is 387 g/mol. The van der Waals surface area contributed by atoms with Gasteiger partial charge in [0.05, 0.1) is 7.11 Å². The molecule has 0 aromatic heterocycles. The number of hydrogen-bond acceptors (Lipinski definition) is 3. The van der Waals surface area contributed by atoms with Crippen LogP contribution in [-0.2, 0) is 14.0 Å². The van der Waals surface area contributed by atoms with Gasteiger partial charge in [0, 0.05) is 12.5 Å². The fraction of sp³-hybridized carbons (Fsp3) is 0.955. The summed E-state index contributed by atoms with van der Waals surface area (Å²) in [4.78, 5) is 11.0. The molecule has 4 heteroatoms. The third-order valence-corrected chi connectivity index (χ3v) is 5.82. The number of rotatable bonds is 18. The lowest BCUT2D eigenvalue weighted by Crippen LogP contribution is -2.32. The summed E-state index contributed by atoms with van der Waals surface area (Å²) < 4.78 is 11.1. The zero-order valence-electron chi connectivity index (χ0n) is 18.4. The number of methoxy groups -OCH3 is 1. The molecule has 156 valence electrons. The molecule has 0 fully saturated rings. The van der Waals surface area contributed by atoms with E-state index in [1.165, 1.54) is 84.2 Å². The summed E-state index contributed by atoms with van der Waals surface area (Å²) in [5.41, 5.74) is 0. The molecule has 0 aliphatic heterocycles. The number of carbonyl (C=O) groups excluding carboxylic acids is 1. The van der Waals surface area contributed by atoms with Gasteiger partial charge in [-0.25, -0.2) is 0 Å². The topological polar surface area (TPSA) is 35.5 Å². The predicted molar refractivity (Wildman–Crippen MR) is 115 cm³/mol. The van der Waals surface area contributed by atoms with Gasteiger partial charge in [-0.3, -0.25) is 4.79 Å². The van der Waals surface area contributed by atoms with E-state index < -0.39 is 8.32 Å². The SMILES string of the molecule is CCCCCCC(CCCCCCCCCCC(=O)OC)O[Si](C)(C)C. The minimum atomic E-state index is -1.43. The maximum absolute atomic E-state index is 11.0. The highest BCUT2D eigenvalue weighted by Gasteiger charge is 2.20. The minimum absolute atomic E-state index is 0.0743. The highest BCUT2D eigenvalue weighted by Crippen LogP contribution is 2.20. The van der Waals surface area contributed by atoms with E-state index in [-0.39, 0.29) is 5.97 Å². The molecule has 0 aromatic rings. The van der Waals surface area contributed by atoms with Crippen LogP contribution >= 0.6 is 0 Å². The maximum atomic E-state index is 11.0. The number of carbonyl (C=O) groups is 1. The molecule has 26 heavy (non-hydrogen) atoms. The average Bonchev–Trinajstić information content (AvgIpc) is 2.58. The second-order valence-corrected chi connectivity index (χ2v) is 13.1. The first-order valence-electron chi connectivity index (χ1n) is 11.1. The Labute approximate surface area is 164 Å². The van der Waals surface area contributed by atoms with E-state index in [1.807, 2.05) is 0 Å². The van der Waals surface area contributed by atoms with Crippen LogP contribution < -0.4 is 0 Å². The van der Waals surface area contributed by atoms with Crippen LogP contribution in [0, 0.1) is 0 Å². The van der Waals surface area contributed by atoms with Gasteiger partial charge in [0.25, 0.3) is 0 Å². The second kappa shape index (κ2) is 16.8. The monoisotopic (exact) mass is 386 g/mol. The van der Waals surface area contributed by atoms with Crippen LogP contribution in [0.15, 0.2) is 0 Å². The van der Waals surface area contributed by atoms with E-state index in [4.69, 9.17) is 4.43 Å². The van der Waals surface area contributed by atoms with Crippen molar-refractivity contribution in [3.05, 3.63) is 0 Å². The van der Waals surface area contributed by atoms with Gasteiger partial charge in [-0.1, -0.05) is 77.6 Å². The summed E-state index contributed by atoms with van der Waals surface area (Å²) in [5, 5.41) is 0. The van der Waals surface area contributed by atoms with Crippen LogP contribution in [-0.4, -0.2) is 27.5 Å². The molecule has 0 saturated heterocycles. The molecule has 0 rings (SSSR count). The van der Waals surface area contributed by atoms with Crippen LogP contribution in [0.4, 0.5) is 0 Å². The highest BCUT2D eigenvalue weighted by atomic mass is 28.4. The maximum Gasteiger partial charge on any atom is 0.305 e. The highest BCUT2D eigenvalue weighted by molar-refractivity contribution is 6.69. The van der Waals surface area contributed by atoms with Crippen molar-refractivity contribution in [1.29, 1.82) is 0 Å². The Bertz CT molecular complexity index is 326. The minimum Gasteiger partial charge on any atom is -0.469 e. The Hall–Kier alpha value is -0.353. The summed E-state index contributed by atoms with van der Waals surface area (Å²) in [6.07, 6.45) is 18.9. The summed E-state index contributed by atoms with van der Waals surface area (Å²) in [5.74, 6) is -0.0743. The lowest BCUT2D eigenvalue weighted by atomic mass is 10.0. The first-order chi connectivity index (χ1) is 12.4. The Morgan fingerprint density at radius 2 is 1.23 bits per heavy atom. The van der Waals surface area contributed by atoms with E-state index >= 15 is 0 Å². The van der Waals surface area contributed by atoms with Crippen molar-refractivity contribution >= 4 is 14.3 Å². The fourth-order valence-corrected chi connectivity index (χ4v) is 4.60. The Morgan fingerprint density at radius 3 is 1.69 bits per heavy atom. The van der Waals surface area contributed by atoms with Crippen molar-refractivity contribution < 1.29 is 14.0 Å². The van der Waals surface area contributed by atoms with Crippen LogP contribution in [0.2, 0.25) is 19.6 Å². The van der Waals surface area contributed by atoms with Crippen LogP contribution in [0.3, 0.4) is 0 Å². The lowest BCUT2D eigenvalue weighted by molar-refractivity contribution is -0.140. The molecule has 0 bridgehead atoms. The van der Waals surface area contributed by atoms with E-state index in [2.05, 4.69) is 31.3 Å². The molecule has 0 aliphatic carbocycles. The van der Waals surface area contributed by atoms with Crippen LogP contribution in [0.1, 0.15) is 103 Å². The van der Waals surface area contributed by atoms with Gasteiger partial charge in [0.2, 0.25) is 0 Å². The van der Waals surface area contributed by atoms with Crippen LogP contribution in [0.5, 0.6) is 0 Å². The van der Waals surface area contributed by atoms with E-state index in [0.29, 0.717) is 12.5 Å². The van der Waals surface area contributed by atoms with E-state index in [1.54, 1.807) is 0 Å². The molecule has 0 aliphatic rings. The molecule has 3 nitrogen and oxygen atoms in total. The molecule has 0 radical (unpaired) electrons. The lowest BCUT2D eigenvalue weighted by Gasteiger charge is -2.26. The van der Waals surface area contributed by atoms with Crippen molar-refractivity contribution in [2.45, 2.75) is 129 Å². The molecule has 1 unspecified atom stereocenters. The Morgan fingerprint density at radius 1 is 0.769 bits per heavy atom. The van der Waals surface area contributed by atoms with Gasteiger partial charge in [-0.05, 0) is 38.9 Å².